The summed E-state index contributed by atoms with van der Waals surface area (Å²) in [7, 11) is 0. The van der Waals surface area contributed by atoms with Crippen molar-refractivity contribution in [1.82, 2.24) is 4.90 Å². The zero-order valence-corrected chi connectivity index (χ0v) is 18.5. The standard InChI is InChI=1S/C24H39N3O2/c1-24(2,3)29-23(28)26-22-14-10-9-13-21(22)25-19-15-17-27(18-16-19)20-11-7-5-4-6-8-12-20/h9-10,13-14,19-20,25H,4-8,11-12,15-18H2,1-3H3,(H,26,28). The molecule has 5 nitrogen and oxygen atoms in total. The molecule has 1 heterocycles. The van der Waals surface area contributed by atoms with Gasteiger partial charge in [0.2, 0.25) is 0 Å². The van der Waals surface area contributed by atoms with Crippen molar-refractivity contribution in [2.45, 2.75) is 96.2 Å². The Kier molecular flexibility index (Phi) is 7.82. The van der Waals surface area contributed by atoms with Crippen LogP contribution in [0.3, 0.4) is 0 Å². The van der Waals surface area contributed by atoms with Gasteiger partial charge in [0.05, 0.1) is 11.4 Å². The third-order valence-corrected chi connectivity index (χ3v) is 6.04. The number of likely N-dealkylation sites (tertiary alicyclic amines) is 1. The lowest BCUT2D eigenvalue weighted by molar-refractivity contribution is 0.0636. The van der Waals surface area contributed by atoms with Gasteiger partial charge in [-0.3, -0.25) is 5.32 Å². The fourth-order valence-electron chi connectivity index (χ4n) is 4.56. The SMILES string of the molecule is CC(C)(C)OC(=O)Nc1ccccc1NC1CCN(C2CCCCCCC2)CC1. The van der Waals surface area contributed by atoms with Gasteiger partial charge in [0.15, 0.2) is 0 Å². The molecule has 1 aromatic carbocycles. The third-order valence-electron chi connectivity index (χ3n) is 6.04. The van der Waals surface area contributed by atoms with Crippen molar-refractivity contribution in [3.63, 3.8) is 0 Å². The number of benzene rings is 1. The first-order chi connectivity index (χ1) is 13.9. The van der Waals surface area contributed by atoms with Crippen LogP contribution in [0.5, 0.6) is 0 Å². The Morgan fingerprint density at radius 2 is 1.52 bits per heavy atom. The topological polar surface area (TPSA) is 53.6 Å². The Bertz CT molecular complexity index is 640. The van der Waals surface area contributed by atoms with E-state index in [-0.39, 0.29) is 0 Å². The van der Waals surface area contributed by atoms with Gasteiger partial charge < -0.3 is 15.0 Å². The summed E-state index contributed by atoms with van der Waals surface area (Å²) in [6.07, 6.45) is 11.7. The lowest BCUT2D eigenvalue weighted by atomic mass is 9.93. The Hall–Kier alpha value is -1.75. The van der Waals surface area contributed by atoms with Crippen LogP contribution in [-0.2, 0) is 4.74 Å². The average Bonchev–Trinajstić information content (AvgIpc) is 2.62. The number of hydrogen-bond donors (Lipinski definition) is 2. The number of amides is 1. The van der Waals surface area contributed by atoms with Gasteiger partial charge in [0.1, 0.15) is 5.60 Å². The molecule has 162 valence electrons. The number of nitrogens with one attached hydrogen (secondary N) is 2. The second-order valence-electron chi connectivity index (χ2n) is 9.63. The average molecular weight is 402 g/mol. The van der Waals surface area contributed by atoms with Gasteiger partial charge in [-0.05, 0) is 58.6 Å². The van der Waals surface area contributed by atoms with Gasteiger partial charge in [-0.1, -0.05) is 44.2 Å². The number of hydrogen-bond acceptors (Lipinski definition) is 4. The zero-order valence-electron chi connectivity index (χ0n) is 18.5. The summed E-state index contributed by atoms with van der Waals surface area (Å²) >= 11 is 0. The Morgan fingerprint density at radius 1 is 0.931 bits per heavy atom. The molecular formula is C24H39N3O2. The molecule has 0 bridgehead atoms. The molecule has 3 rings (SSSR count). The minimum Gasteiger partial charge on any atom is -0.444 e. The molecule has 0 atom stereocenters. The van der Waals surface area contributed by atoms with E-state index in [1.807, 2.05) is 45.0 Å². The first-order valence-corrected chi connectivity index (χ1v) is 11.5. The van der Waals surface area contributed by atoms with E-state index in [0.717, 1.165) is 30.3 Å². The summed E-state index contributed by atoms with van der Waals surface area (Å²) in [6, 6.07) is 9.14. The molecule has 1 aromatic rings. The largest absolute Gasteiger partial charge is 0.444 e. The van der Waals surface area contributed by atoms with Crippen LogP contribution in [0.25, 0.3) is 0 Å². The molecule has 0 spiro atoms. The van der Waals surface area contributed by atoms with Crippen molar-refractivity contribution in [3.05, 3.63) is 24.3 Å². The summed E-state index contributed by atoms with van der Waals surface area (Å²) in [5.41, 5.74) is 1.25. The van der Waals surface area contributed by atoms with Gasteiger partial charge >= 0.3 is 6.09 Å². The highest BCUT2D eigenvalue weighted by Gasteiger charge is 2.26. The molecule has 1 saturated carbocycles. The normalized spacial score (nSPS) is 20.5. The Labute approximate surface area is 176 Å². The van der Waals surface area contributed by atoms with Crippen LogP contribution < -0.4 is 10.6 Å². The molecule has 2 aliphatic rings. The lowest BCUT2D eigenvalue weighted by Crippen LogP contribution is -2.44. The molecule has 1 aliphatic heterocycles. The molecule has 5 heteroatoms. The van der Waals surface area contributed by atoms with E-state index in [9.17, 15) is 4.79 Å². The number of piperidine rings is 1. The van der Waals surface area contributed by atoms with Crippen molar-refractivity contribution in [2.75, 3.05) is 23.7 Å². The van der Waals surface area contributed by atoms with Crippen LogP contribution >= 0.6 is 0 Å². The lowest BCUT2D eigenvalue weighted by Gasteiger charge is -2.39. The van der Waals surface area contributed by atoms with Crippen molar-refractivity contribution >= 4 is 17.5 Å². The maximum atomic E-state index is 12.2. The summed E-state index contributed by atoms with van der Waals surface area (Å²) in [6.45, 7) is 7.97. The van der Waals surface area contributed by atoms with Gasteiger partial charge in [-0.2, -0.15) is 0 Å². The first-order valence-electron chi connectivity index (χ1n) is 11.5. The van der Waals surface area contributed by atoms with Gasteiger partial charge in [0, 0.05) is 25.2 Å². The summed E-state index contributed by atoms with van der Waals surface area (Å²) in [4.78, 5) is 14.9. The Morgan fingerprint density at radius 3 is 2.14 bits per heavy atom. The molecule has 29 heavy (non-hydrogen) atoms. The first kappa shape index (κ1) is 21.9. The molecular weight excluding hydrogens is 362 g/mol. The van der Waals surface area contributed by atoms with Crippen LogP contribution in [0.4, 0.5) is 16.2 Å². The van der Waals surface area contributed by atoms with E-state index in [1.165, 1.54) is 58.0 Å². The second-order valence-corrected chi connectivity index (χ2v) is 9.63. The number of rotatable bonds is 4. The predicted molar refractivity (Wildman–Crippen MR) is 121 cm³/mol. The molecule has 1 aliphatic carbocycles. The fraction of sp³-hybridized carbons (Fsp3) is 0.708. The minimum atomic E-state index is -0.504. The van der Waals surface area contributed by atoms with Crippen LogP contribution in [0, 0.1) is 0 Å². The molecule has 1 saturated heterocycles. The maximum absolute atomic E-state index is 12.2. The number of nitrogens with zero attached hydrogens (tertiary/aromatic N) is 1. The van der Waals surface area contributed by atoms with E-state index >= 15 is 0 Å². The van der Waals surface area contributed by atoms with Crippen LogP contribution in [0.15, 0.2) is 24.3 Å². The van der Waals surface area contributed by atoms with E-state index < -0.39 is 11.7 Å². The van der Waals surface area contributed by atoms with Gasteiger partial charge in [-0.25, -0.2) is 4.79 Å². The number of ether oxygens (including phenoxy) is 1. The van der Waals surface area contributed by atoms with Gasteiger partial charge in [-0.15, -0.1) is 0 Å². The number of para-hydroxylation sites is 2. The third kappa shape index (κ3) is 7.22. The number of carbonyl (C=O) groups is 1. The van der Waals surface area contributed by atoms with E-state index in [0.29, 0.717) is 6.04 Å². The molecule has 1 amide bonds. The van der Waals surface area contributed by atoms with E-state index in [4.69, 9.17) is 4.74 Å². The number of carbonyl (C=O) groups excluding carboxylic acids is 1. The molecule has 0 unspecified atom stereocenters. The smallest absolute Gasteiger partial charge is 0.412 e. The molecule has 0 aromatic heterocycles. The molecule has 2 fully saturated rings. The highest BCUT2D eigenvalue weighted by atomic mass is 16.6. The highest BCUT2D eigenvalue weighted by Crippen LogP contribution is 2.28. The van der Waals surface area contributed by atoms with Crippen molar-refractivity contribution in [1.29, 1.82) is 0 Å². The fourth-order valence-corrected chi connectivity index (χ4v) is 4.56. The van der Waals surface area contributed by atoms with E-state index in [2.05, 4.69) is 15.5 Å². The van der Waals surface area contributed by atoms with Crippen molar-refractivity contribution in [2.24, 2.45) is 0 Å². The van der Waals surface area contributed by atoms with Crippen LogP contribution in [-0.4, -0.2) is 41.8 Å². The van der Waals surface area contributed by atoms with E-state index in [1.54, 1.807) is 0 Å². The summed E-state index contributed by atoms with van der Waals surface area (Å²) < 4.78 is 5.40. The highest BCUT2D eigenvalue weighted by molar-refractivity contribution is 5.89. The maximum Gasteiger partial charge on any atom is 0.412 e. The molecule has 0 radical (unpaired) electrons. The van der Waals surface area contributed by atoms with Crippen molar-refractivity contribution < 1.29 is 9.53 Å². The van der Waals surface area contributed by atoms with Gasteiger partial charge in [0.25, 0.3) is 0 Å². The van der Waals surface area contributed by atoms with Crippen LogP contribution in [0.1, 0.15) is 78.6 Å². The summed E-state index contributed by atoms with van der Waals surface area (Å²) in [5, 5.41) is 6.56. The second kappa shape index (κ2) is 10.3. The monoisotopic (exact) mass is 401 g/mol. The minimum absolute atomic E-state index is 0.411. The van der Waals surface area contributed by atoms with Crippen molar-refractivity contribution in [3.8, 4) is 0 Å². The quantitative estimate of drug-likeness (QED) is 0.647. The molecule has 2 N–H and O–H groups in total. The summed E-state index contributed by atoms with van der Waals surface area (Å²) in [5.74, 6) is 0. The van der Waals surface area contributed by atoms with Crippen LogP contribution in [0.2, 0.25) is 0 Å². The predicted octanol–water partition coefficient (Wildman–Crippen LogP) is 6.02. The number of anilines is 2. The zero-order chi connectivity index (χ0) is 20.7. The Balaban J connectivity index is 1.52.